The molecule has 0 radical (unpaired) electrons. The van der Waals surface area contributed by atoms with Crippen LogP contribution in [-0.2, 0) is 0 Å². The van der Waals surface area contributed by atoms with Gasteiger partial charge in [-0.2, -0.15) is 0 Å². The molecule has 0 unspecified atom stereocenters. The van der Waals surface area contributed by atoms with E-state index < -0.39 is 0 Å². The van der Waals surface area contributed by atoms with Crippen LogP contribution in [0.3, 0.4) is 0 Å². The number of hydrogen-bond acceptors (Lipinski definition) is 6. The summed E-state index contributed by atoms with van der Waals surface area (Å²) in [5, 5.41) is 6.72. The van der Waals surface area contributed by atoms with Gasteiger partial charge >= 0.3 is 0 Å². The maximum absolute atomic E-state index is 6.26. The van der Waals surface area contributed by atoms with E-state index in [1.54, 1.807) is 20.7 Å². The fraction of sp³-hybridized carbons (Fsp3) is 0. The second-order valence-electron chi connectivity index (χ2n) is 11.9. The summed E-state index contributed by atoms with van der Waals surface area (Å²) in [5.41, 5.74) is 5.85. The highest BCUT2D eigenvalue weighted by atomic mass is 32.9. The molecule has 16 bridgehead atoms. The quantitative estimate of drug-likeness (QED) is 0.149. The van der Waals surface area contributed by atoms with Gasteiger partial charge in [-0.1, -0.05) is 81.3 Å². The van der Waals surface area contributed by atoms with Gasteiger partial charge in [0.1, 0.15) is 44.7 Å². The zero-order valence-corrected chi connectivity index (χ0v) is 28.2. The minimum atomic E-state index is 0.702. The molecule has 0 atom stereocenters. The summed E-state index contributed by atoms with van der Waals surface area (Å²) < 4.78 is 27.3. The Morgan fingerprint density at radius 2 is 0.540 bits per heavy atom. The van der Waals surface area contributed by atoms with E-state index in [4.69, 9.17) is 17.7 Å². The maximum atomic E-state index is 6.26. The van der Waals surface area contributed by atoms with Crippen molar-refractivity contribution in [1.29, 1.82) is 0 Å². The Labute approximate surface area is 293 Å². The van der Waals surface area contributed by atoms with Gasteiger partial charge in [0.25, 0.3) is 0 Å². The third-order valence-electron chi connectivity index (χ3n) is 8.40. The molecule has 18 rings (SSSR count). The first-order valence-electron chi connectivity index (χ1n) is 16.2. The van der Waals surface area contributed by atoms with Gasteiger partial charge in [0.05, 0.1) is 0 Å². The Bertz CT molecular complexity index is 2770. The second kappa shape index (κ2) is 13.1. The molecule has 8 aromatic carbocycles. The predicted molar refractivity (Wildman–Crippen MR) is 211 cm³/mol. The van der Waals surface area contributed by atoms with Crippen molar-refractivity contribution in [2.24, 2.45) is 0 Å². The molecule has 0 saturated heterocycles. The standard InChI is InChI=1S/C44H28O4S2/c1-3-37-27-39(5-1)47-41-19-11-33-25-43(21-13-31(33)23-41)49-50-44-22-14-32-24-42(20-12-34(32)26-44)48-40-6-2-4-38(28-40)46-36-17-9-30(10-18-36)29-7-15-35(45-37)16-8-29/h1-28H. The molecular weight excluding hydrogens is 657 g/mol. The first-order valence-corrected chi connectivity index (χ1v) is 18.3. The minimum absolute atomic E-state index is 0.702. The zero-order valence-electron chi connectivity index (χ0n) is 26.6. The SMILES string of the molecule is c1cc2cc(c1)oc1ccc3cc(ccc3c1)ssc1ccc3cc(ccc3c1)oc1cccc(c1)oc1ccc(cc1)c1ccc(cc1)o2. The van der Waals surface area contributed by atoms with Crippen LogP contribution in [0.4, 0.5) is 0 Å². The first-order chi connectivity index (χ1) is 24.6. The number of benzene rings is 8. The molecule has 0 aliphatic rings. The second-order valence-corrected chi connectivity index (χ2v) is 14.2. The fourth-order valence-corrected chi connectivity index (χ4v) is 7.90. The van der Waals surface area contributed by atoms with E-state index in [0.717, 1.165) is 54.6 Å². The molecule has 0 spiro atoms. The average Bonchev–Trinajstić information content (AvgIpc) is 3.15. The summed E-state index contributed by atoms with van der Waals surface area (Å²) >= 11 is 0. The molecule has 6 heteroatoms. The van der Waals surface area contributed by atoms with Crippen molar-refractivity contribution in [2.45, 2.75) is 0 Å². The Morgan fingerprint density at radius 3 is 0.960 bits per heavy atom. The average molecular weight is 685 g/mol. The van der Waals surface area contributed by atoms with Crippen molar-refractivity contribution in [3.8, 4) is 0 Å². The van der Waals surface area contributed by atoms with Gasteiger partial charge in [0, 0.05) is 21.5 Å². The van der Waals surface area contributed by atoms with Crippen LogP contribution < -0.4 is 0 Å². The highest BCUT2D eigenvalue weighted by molar-refractivity contribution is 7.73. The summed E-state index contributed by atoms with van der Waals surface area (Å²) in [6.07, 6.45) is 0. The zero-order chi connectivity index (χ0) is 33.3. The maximum Gasteiger partial charge on any atom is 0.131 e. The van der Waals surface area contributed by atoms with E-state index in [2.05, 4.69) is 84.9 Å². The Balaban J connectivity index is 1.22. The third kappa shape index (κ3) is 6.63. The highest BCUT2D eigenvalue weighted by Crippen LogP contribution is 2.26. The Morgan fingerprint density at radius 1 is 0.240 bits per heavy atom. The van der Waals surface area contributed by atoms with Crippen molar-refractivity contribution in [1.82, 2.24) is 0 Å². The van der Waals surface area contributed by atoms with E-state index >= 15 is 0 Å². The van der Waals surface area contributed by atoms with Crippen LogP contribution in [0.5, 0.6) is 0 Å². The third-order valence-corrected chi connectivity index (χ3v) is 10.8. The molecule has 0 aliphatic heterocycles. The molecule has 0 amide bonds. The highest BCUT2D eigenvalue weighted by Gasteiger charge is 1.99. The monoisotopic (exact) mass is 684 g/mol. The Hall–Kier alpha value is -6.08. The molecule has 4 nitrogen and oxygen atoms in total. The summed E-state index contributed by atoms with van der Waals surface area (Å²) in [7, 11) is 3.50. The summed E-state index contributed by atoms with van der Waals surface area (Å²) in [6, 6.07) is 57.0. The lowest BCUT2D eigenvalue weighted by Gasteiger charge is -1.99. The topological polar surface area (TPSA) is 52.6 Å². The smallest absolute Gasteiger partial charge is 0.131 e. The van der Waals surface area contributed by atoms with E-state index in [0.29, 0.717) is 22.3 Å². The molecule has 0 aliphatic carbocycles. The van der Waals surface area contributed by atoms with Crippen LogP contribution in [-0.4, -0.2) is 0 Å². The molecule has 18 aromatic rings. The largest absolute Gasteiger partial charge is 0.457 e. The molecule has 10 heterocycles. The predicted octanol–water partition coefficient (Wildman–Crippen LogP) is 14.5. The van der Waals surface area contributed by atoms with E-state index in [1.165, 1.54) is 9.40 Å². The van der Waals surface area contributed by atoms with Crippen molar-refractivity contribution < 1.29 is 17.7 Å². The van der Waals surface area contributed by atoms with Gasteiger partial charge in [0.15, 0.2) is 0 Å². The van der Waals surface area contributed by atoms with Gasteiger partial charge in [-0.25, -0.2) is 0 Å². The fourth-order valence-electron chi connectivity index (χ4n) is 5.91. The van der Waals surface area contributed by atoms with Crippen molar-refractivity contribution >= 4 is 107 Å². The van der Waals surface area contributed by atoms with Gasteiger partial charge in [-0.3, -0.25) is 0 Å². The van der Waals surface area contributed by atoms with Gasteiger partial charge in [-0.15, -0.1) is 0 Å². The van der Waals surface area contributed by atoms with Crippen molar-refractivity contribution in [2.75, 3.05) is 0 Å². The van der Waals surface area contributed by atoms with Crippen LogP contribution in [0.15, 0.2) is 188 Å². The lowest BCUT2D eigenvalue weighted by atomic mass is 10.1. The van der Waals surface area contributed by atoms with Crippen LogP contribution in [0.2, 0.25) is 0 Å². The molecule has 240 valence electrons. The van der Waals surface area contributed by atoms with Gasteiger partial charge in [0.2, 0.25) is 0 Å². The normalized spacial score (nSPS) is 11.2. The molecule has 10 aromatic heterocycles. The summed E-state index contributed by atoms with van der Waals surface area (Å²) in [4.78, 5) is 0. The van der Waals surface area contributed by atoms with Crippen LogP contribution >= 0.6 is 20.7 Å². The summed E-state index contributed by atoms with van der Waals surface area (Å²) in [6.45, 7) is 0. The van der Waals surface area contributed by atoms with E-state index in [1.807, 2.05) is 84.9 Å². The van der Waals surface area contributed by atoms with E-state index in [-0.39, 0.29) is 0 Å². The molecular formula is C44H28O4S2. The van der Waals surface area contributed by atoms with Crippen molar-refractivity contribution in [3.05, 3.63) is 170 Å². The number of hydrogen-bond donors (Lipinski definition) is 0. The van der Waals surface area contributed by atoms with E-state index in [9.17, 15) is 0 Å². The molecule has 0 N–H and O–H groups in total. The number of rotatable bonds is 0. The lowest BCUT2D eigenvalue weighted by Crippen LogP contribution is -1.73. The molecule has 0 fully saturated rings. The van der Waals surface area contributed by atoms with Crippen LogP contribution in [0.1, 0.15) is 0 Å². The van der Waals surface area contributed by atoms with Crippen molar-refractivity contribution in [3.63, 3.8) is 0 Å². The van der Waals surface area contributed by atoms with Gasteiger partial charge in [-0.05, 0) is 129 Å². The Kier molecular flexibility index (Phi) is 7.85. The molecule has 0 saturated carbocycles. The van der Waals surface area contributed by atoms with Crippen LogP contribution in [0, 0.1) is 0 Å². The summed E-state index contributed by atoms with van der Waals surface area (Å²) in [5.74, 6) is 0. The van der Waals surface area contributed by atoms with Gasteiger partial charge < -0.3 is 17.7 Å². The minimum Gasteiger partial charge on any atom is -0.457 e. The lowest BCUT2D eigenvalue weighted by molar-refractivity contribution is 0.640. The first kappa shape index (κ1) is 30.0. The van der Waals surface area contributed by atoms with Crippen LogP contribution in [0.25, 0.3) is 86.4 Å². The molecule has 50 heavy (non-hydrogen) atoms.